The summed E-state index contributed by atoms with van der Waals surface area (Å²) in [6, 6.07) is 5.84. The van der Waals surface area contributed by atoms with Crippen molar-refractivity contribution in [2.45, 2.75) is 17.5 Å². The first-order valence-corrected chi connectivity index (χ1v) is 6.59. The Kier molecular flexibility index (Phi) is 3.61. The van der Waals surface area contributed by atoms with Crippen LogP contribution in [-0.4, -0.2) is 33.7 Å². The van der Waals surface area contributed by atoms with Crippen LogP contribution in [0.5, 0.6) is 0 Å². The second-order valence-corrected chi connectivity index (χ2v) is 4.81. The zero-order valence-electron chi connectivity index (χ0n) is 9.63. The average Bonchev–Trinajstić information content (AvgIpc) is 2.71. The van der Waals surface area contributed by atoms with Crippen molar-refractivity contribution in [3.63, 3.8) is 0 Å². The summed E-state index contributed by atoms with van der Waals surface area (Å²) in [6.45, 7) is 0.134. The Hall–Kier alpha value is -1.17. The zero-order valence-corrected chi connectivity index (χ0v) is 10.4. The molecule has 1 aromatic carbocycles. The maximum atomic E-state index is 9.48. The first kappa shape index (κ1) is 12.3. The molecule has 0 spiro atoms. The Balaban J connectivity index is 2.48. The van der Waals surface area contributed by atoms with Gasteiger partial charge >= 0.3 is 0 Å². The number of aliphatic hydroxyl groups excluding tert-OH is 2. The van der Waals surface area contributed by atoms with Crippen molar-refractivity contribution in [2.24, 2.45) is 0 Å². The van der Waals surface area contributed by atoms with Gasteiger partial charge in [-0.3, -0.25) is 0 Å². The summed E-state index contributed by atoms with van der Waals surface area (Å²) in [5, 5.41) is 19.5. The number of aliphatic hydroxyl groups is 2. The van der Waals surface area contributed by atoms with E-state index in [-0.39, 0.29) is 6.61 Å². The molecule has 0 fully saturated rings. The molecule has 0 bridgehead atoms. The summed E-state index contributed by atoms with van der Waals surface area (Å²) in [7, 11) is 0. The lowest BCUT2D eigenvalue weighted by Gasteiger charge is -2.11. The van der Waals surface area contributed by atoms with E-state index in [1.54, 1.807) is 11.8 Å². The van der Waals surface area contributed by atoms with E-state index in [1.807, 2.05) is 35.2 Å². The molecule has 0 aliphatic rings. The summed E-state index contributed by atoms with van der Waals surface area (Å²) in [5.74, 6) is 0. The average molecular weight is 252 g/mol. The lowest BCUT2D eigenvalue weighted by atomic mass is 10.2. The molecule has 4 N–H and O–H groups in total. The predicted octanol–water partition coefficient (Wildman–Crippen LogP) is 1.30. The molecule has 0 amide bonds. The highest BCUT2D eigenvalue weighted by atomic mass is 32.2. The summed E-state index contributed by atoms with van der Waals surface area (Å²) in [4.78, 5) is 1.12. The van der Waals surface area contributed by atoms with Crippen molar-refractivity contribution in [1.29, 1.82) is 0 Å². The summed E-state index contributed by atoms with van der Waals surface area (Å²) in [5.41, 5.74) is 7.55. The smallest absolute Gasteiger partial charge is 0.0949 e. The molecule has 1 atom stereocenters. The van der Waals surface area contributed by atoms with Gasteiger partial charge in [0.2, 0.25) is 0 Å². The van der Waals surface area contributed by atoms with Gasteiger partial charge in [0, 0.05) is 22.2 Å². The van der Waals surface area contributed by atoms with Crippen molar-refractivity contribution < 1.29 is 10.2 Å². The van der Waals surface area contributed by atoms with Crippen molar-refractivity contribution in [1.82, 2.24) is 4.57 Å². The van der Waals surface area contributed by atoms with Gasteiger partial charge in [0.1, 0.15) is 0 Å². The van der Waals surface area contributed by atoms with Crippen LogP contribution in [0.25, 0.3) is 10.9 Å². The SMILES string of the molecule is CSc1cc(N)cc2c1ccn2CC(O)CO. The quantitative estimate of drug-likeness (QED) is 0.566. The third kappa shape index (κ3) is 2.41. The molecular formula is C12H16N2O2S. The minimum absolute atomic E-state index is 0.239. The summed E-state index contributed by atoms with van der Waals surface area (Å²) in [6.07, 6.45) is 3.17. The molecule has 0 aliphatic carbocycles. The second-order valence-electron chi connectivity index (χ2n) is 3.96. The number of rotatable bonds is 4. The standard InChI is InChI=1S/C12H16N2O2S/c1-17-12-5-8(13)4-11-10(12)2-3-14(11)6-9(16)7-15/h2-5,9,15-16H,6-7,13H2,1H3. The lowest BCUT2D eigenvalue weighted by molar-refractivity contribution is 0.0822. The minimum atomic E-state index is -0.746. The van der Waals surface area contributed by atoms with Gasteiger partial charge < -0.3 is 20.5 Å². The molecule has 0 aliphatic heterocycles. The molecule has 2 aromatic rings. The molecule has 0 saturated heterocycles. The Bertz CT molecular complexity index is 524. The van der Waals surface area contributed by atoms with Crippen molar-refractivity contribution in [3.05, 3.63) is 24.4 Å². The van der Waals surface area contributed by atoms with Gasteiger partial charge in [0.15, 0.2) is 0 Å². The highest BCUT2D eigenvalue weighted by Gasteiger charge is 2.09. The molecule has 1 unspecified atom stereocenters. The van der Waals surface area contributed by atoms with E-state index in [0.29, 0.717) is 12.2 Å². The molecule has 1 aromatic heterocycles. The number of fused-ring (bicyclic) bond motifs is 1. The number of anilines is 1. The van der Waals surface area contributed by atoms with Gasteiger partial charge in [-0.2, -0.15) is 0 Å². The molecule has 17 heavy (non-hydrogen) atoms. The number of aromatic nitrogens is 1. The first-order chi connectivity index (χ1) is 8.15. The molecule has 0 radical (unpaired) electrons. The summed E-state index contributed by atoms with van der Waals surface area (Å²) < 4.78 is 1.91. The maximum Gasteiger partial charge on any atom is 0.0949 e. The van der Waals surface area contributed by atoms with Crippen LogP contribution in [0.15, 0.2) is 29.3 Å². The fourth-order valence-corrected chi connectivity index (χ4v) is 2.54. The predicted molar refractivity (Wildman–Crippen MR) is 71.2 cm³/mol. The number of nitrogens with zero attached hydrogens (tertiary/aromatic N) is 1. The highest BCUT2D eigenvalue weighted by molar-refractivity contribution is 7.98. The van der Waals surface area contributed by atoms with E-state index in [1.165, 1.54) is 0 Å². The third-order valence-corrected chi connectivity index (χ3v) is 3.49. The van der Waals surface area contributed by atoms with Gasteiger partial charge in [-0.25, -0.2) is 0 Å². The van der Waals surface area contributed by atoms with Gasteiger partial charge in [-0.15, -0.1) is 11.8 Å². The van der Waals surface area contributed by atoms with Crippen molar-refractivity contribution in [3.8, 4) is 0 Å². The second kappa shape index (κ2) is 5.00. The van der Waals surface area contributed by atoms with E-state index in [2.05, 4.69) is 0 Å². The van der Waals surface area contributed by atoms with Crippen molar-refractivity contribution >= 4 is 28.4 Å². The molecule has 1 heterocycles. The highest BCUT2D eigenvalue weighted by Crippen LogP contribution is 2.30. The van der Waals surface area contributed by atoms with E-state index in [9.17, 15) is 5.11 Å². The van der Waals surface area contributed by atoms with Crippen LogP contribution < -0.4 is 5.73 Å². The van der Waals surface area contributed by atoms with E-state index in [4.69, 9.17) is 10.8 Å². The number of benzene rings is 1. The van der Waals surface area contributed by atoms with Crippen LogP contribution in [0, 0.1) is 0 Å². The van der Waals surface area contributed by atoms with Crippen LogP contribution in [-0.2, 0) is 6.54 Å². The van der Waals surface area contributed by atoms with E-state index < -0.39 is 6.10 Å². The fourth-order valence-electron chi connectivity index (χ4n) is 1.90. The Morgan fingerprint density at radius 1 is 1.47 bits per heavy atom. The largest absolute Gasteiger partial charge is 0.399 e. The molecular weight excluding hydrogens is 236 g/mol. The number of nitrogen functional groups attached to an aromatic ring is 1. The minimum Gasteiger partial charge on any atom is -0.399 e. The maximum absolute atomic E-state index is 9.48. The van der Waals surface area contributed by atoms with E-state index >= 15 is 0 Å². The monoisotopic (exact) mass is 252 g/mol. The summed E-state index contributed by atoms with van der Waals surface area (Å²) >= 11 is 1.65. The van der Waals surface area contributed by atoms with Gasteiger partial charge in [0.05, 0.1) is 24.8 Å². The molecule has 0 saturated carbocycles. The fraction of sp³-hybridized carbons (Fsp3) is 0.333. The van der Waals surface area contributed by atoms with Crippen LogP contribution >= 0.6 is 11.8 Å². The normalized spacial score (nSPS) is 13.1. The first-order valence-electron chi connectivity index (χ1n) is 5.37. The van der Waals surface area contributed by atoms with E-state index in [0.717, 1.165) is 15.8 Å². The number of nitrogens with two attached hydrogens (primary N) is 1. The third-order valence-electron chi connectivity index (χ3n) is 2.71. The van der Waals surface area contributed by atoms with Gasteiger partial charge in [0.25, 0.3) is 0 Å². The zero-order chi connectivity index (χ0) is 12.4. The van der Waals surface area contributed by atoms with Crippen LogP contribution in [0.1, 0.15) is 0 Å². The van der Waals surface area contributed by atoms with Gasteiger partial charge in [-0.1, -0.05) is 0 Å². The number of hydrogen-bond acceptors (Lipinski definition) is 4. The molecule has 4 nitrogen and oxygen atoms in total. The Morgan fingerprint density at radius 2 is 2.24 bits per heavy atom. The van der Waals surface area contributed by atoms with Crippen LogP contribution in [0.3, 0.4) is 0 Å². The molecule has 92 valence electrons. The molecule has 2 rings (SSSR count). The van der Waals surface area contributed by atoms with Crippen molar-refractivity contribution in [2.75, 3.05) is 18.6 Å². The molecule has 5 heteroatoms. The lowest BCUT2D eigenvalue weighted by Crippen LogP contribution is -2.19. The Labute approximate surface area is 104 Å². The topological polar surface area (TPSA) is 71.4 Å². The van der Waals surface area contributed by atoms with Crippen LogP contribution in [0.4, 0.5) is 5.69 Å². The van der Waals surface area contributed by atoms with Crippen LogP contribution in [0.2, 0.25) is 0 Å². The Morgan fingerprint density at radius 3 is 2.88 bits per heavy atom. The van der Waals surface area contributed by atoms with Gasteiger partial charge in [-0.05, 0) is 24.5 Å². The number of thioether (sulfide) groups is 1. The number of hydrogen-bond donors (Lipinski definition) is 3.